The second kappa shape index (κ2) is 11.3. The third-order valence-electron chi connectivity index (χ3n) is 5.64. The molecule has 0 aliphatic carbocycles. The zero-order valence-electron chi connectivity index (χ0n) is 18.7. The van der Waals surface area contributed by atoms with Gasteiger partial charge in [-0.1, -0.05) is 36.4 Å². The molecule has 2 amide bonds. The number of amides is 2. The third kappa shape index (κ3) is 7.22. The van der Waals surface area contributed by atoms with Crippen molar-refractivity contribution in [3.63, 3.8) is 0 Å². The molecule has 0 aromatic heterocycles. The summed E-state index contributed by atoms with van der Waals surface area (Å²) in [4.78, 5) is 16.8. The van der Waals surface area contributed by atoms with Crippen LogP contribution >= 0.6 is 0 Å². The van der Waals surface area contributed by atoms with Gasteiger partial charge in [0.1, 0.15) is 5.75 Å². The smallest absolute Gasteiger partial charge is 0.317 e. The molecule has 2 aromatic rings. The molecule has 0 spiro atoms. The summed E-state index contributed by atoms with van der Waals surface area (Å²) in [6.45, 7) is 4.40. The monoisotopic (exact) mass is 460 g/mol. The van der Waals surface area contributed by atoms with E-state index in [1.807, 2.05) is 35.2 Å². The maximum atomic E-state index is 12.6. The molecule has 1 fully saturated rings. The van der Waals surface area contributed by atoms with E-state index in [0.717, 1.165) is 37.4 Å². The highest BCUT2D eigenvalue weighted by atomic mass is 32.2. The highest BCUT2D eigenvalue weighted by Gasteiger charge is 2.20. The number of urea groups is 1. The Morgan fingerprint density at radius 3 is 2.34 bits per heavy atom. The number of nitrogens with zero attached hydrogens (tertiary/aromatic N) is 2. The summed E-state index contributed by atoms with van der Waals surface area (Å²) in [5, 5.41) is 2.95. The van der Waals surface area contributed by atoms with Crippen molar-refractivity contribution in [3.05, 3.63) is 65.2 Å². The van der Waals surface area contributed by atoms with Crippen LogP contribution in [0.15, 0.2) is 48.5 Å². The number of hydrogen-bond acceptors (Lipinski definition) is 5. The second-order valence-electron chi connectivity index (χ2n) is 7.87. The minimum atomic E-state index is -3.32. The second-order valence-corrected chi connectivity index (χ2v) is 9.80. The van der Waals surface area contributed by atoms with E-state index in [-0.39, 0.29) is 11.8 Å². The van der Waals surface area contributed by atoms with Crippen molar-refractivity contribution in [1.29, 1.82) is 0 Å². The summed E-state index contributed by atoms with van der Waals surface area (Å²) < 4.78 is 31.0. The summed E-state index contributed by atoms with van der Waals surface area (Å²) in [6.07, 6.45) is 0.968. The molecule has 9 heteroatoms. The van der Waals surface area contributed by atoms with Gasteiger partial charge in [0.2, 0.25) is 10.0 Å². The normalized spacial score (nSPS) is 14.9. The SMILES string of the molecule is CNS(=O)(=O)Cc1cccc(CNC(=O)N2CCN(CCc3ccc(OC)cc3)CC2)c1. The number of nitrogens with one attached hydrogen (secondary N) is 2. The van der Waals surface area contributed by atoms with Crippen molar-refractivity contribution >= 4 is 16.1 Å². The molecule has 1 aliphatic heterocycles. The Hall–Kier alpha value is -2.62. The van der Waals surface area contributed by atoms with Crippen molar-refractivity contribution in [2.24, 2.45) is 0 Å². The summed E-state index contributed by atoms with van der Waals surface area (Å²) >= 11 is 0. The van der Waals surface area contributed by atoms with Gasteiger partial charge in [-0.25, -0.2) is 17.9 Å². The first-order valence-corrected chi connectivity index (χ1v) is 12.4. The molecule has 3 rings (SSSR count). The first-order chi connectivity index (χ1) is 15.4. The van der Waals surface area contributed by atoms with Gasteiger partial charge in [0.25, 0.3) is 0 Å². The van der Waals surface area contributed by atoms with E-state index in [1.54, 1.807) is 13.2 Å². The lowest BCUT2D eigenvalue weighted by Gasteiger charge is -2.34. The lowest BCUT2D eigenvalue weighted by Crippen LogP contribution is -2.51. The van der Waals surface area contributed by atoms with E-state index in [0.29, 0.717) is 25.2 Å². The summed E-state index contributed by atoms with van der Waals surface area (Å²) in [5.41, 5.74) is 2.84. The Morgan fingerprint density at radius 2 is 1.69 bits per heavy atom. The molecule has 32 heavy (non-hydrogen) atoms. The van der Waals surface area contributed by atoms with Crippen LogP contribution in [0, 0.1) is 0 Å². The van der Waals surface area contributed by atoms with E-state index in [9.17, 15) is 13.2 Å². The highest BCUT2D eigenvalue weighted by Crippen LogP contribution is 2.13. The Labute approximate surface area is 190 Å². The molecule has 2 aromatic carbocycles. The Balaban J connectivity index is 1.40. The molecular weight excluding hydrogens is 428 g/mol. The summed E-state index contributed by atoms with van der Waals surface area (Å²) in [7, 11) is -0.257. The van der Waals surface area contributed by atoms with Crippen LogP contribution in [0.25, 0.3) is 0 Å². The van der Waals surface area contributed by atoms with Crippen molar-refractivity contribution < 1.29 is 17.9 Å². The zero-order chi connectivity index (χ0) is 23.0. The average Bonchev–Trinajstić information content (AvgIpc) is 2.82. The van der Waals surface area contributed by atoms with Gasteiger partial charge < -0.3 is 15.0 Å². The first-order valence-electron chi connectivity index (χ1n) is 10.8. The Kier molecular flexibility index (Phi) is 8.49. The number of hydrogen-bond donors (Lipinski definition) is 2. The molecule has 0 unspecified atom stereocenters. The predicted octanol–water partition coefficient (Wildman–Crippen LogP) is 1.81. The maximum absolute atomic E-state index is 12.6. The standard InChI is InChI=1S/C23H32N4O4S/c1-24-32(29,30)18-21-5-3-4-20(16-21)17-25-23(28)27-14-12-26(13-15-27)11-10-19-6-8-22(31-2)9-7-19/h3-9,16,24H,10-15,17-18H2,1-2H3,(H,25,28). The lowest BCUT2D eigenvalue weighted by molar-refractivity contribution is 0.140. The summed E-state index contributed by atoms with van der Waals surface area (Å²) in [6, 6.07) is 15.3. The molecule has 2 N–H and O–H groups in total. The van der Waals surface area contributed by atoms with Gasteiger partial charge in [0.05, 0.1) is 12.9 Å². The quantitative estimate of drug-likeness (QED) is 0.596. The number of rotatable bonds is 9. The lowest BCUT2D eigenvalue weighted by atomic mass is 10.1. The Bertz CT molecular complexity index is 987. The predicted molar refractivity (Wildman–Crippen MR) is 125 cm³/mol. The molecule has 174 valence electrons. The molecule has 0 bridgehead atoms. The van der Waals surface area contributed by atoms with Gasteiger partial charge in [-0.3, -0.25) is 4.90 Å². The molecule has 8 nitrogen and oxygen atoms in total. The molecule has 0 radical (unpaired) electrons. The van der Waals surface area contributed by atoms with E-state index in [4.69, 9.17) is 4.74 Å². The topological polar surface area (TPSA) is 91.0 Å². The number of sulfonamides is 1. The van der Waals surface area contributed by atoms with Gasteiger partial charge in [0, 0.05) is 39.3 Å². The van der Waals surface area contributed by atoms with Crippen molar-refractivity contribution in [2.45, 2.75) is 18.7 Å². The fourth-order valence-electron chi connectivity index (χ4n) is 3.66. The van der Waals surface area contributed by atoms with Crippen LogP contribution in [-0.2, 0) is 28.7 Å². The van der Waals surface area contributed by atoms with Crippen LogP contribution in [0.2, 0.25) is 0 Å². The van der Waals surface area contributed by atoms with Crippen molar-refractivity contribution in [2.75, 3.05) is 46.9 Å². The number of ether oxygens (including phenoxy) is 1. The van der Waals surface area contributed by atoms with E-state index in [2.05, 4.69) is 27.1 Å². The molecule has 1 aliphatic rings. The van der Waals surface area contributed by atoms with Crippen molar-refractivity contribution in [3.8, 4) is 5.75 Å². The number of carbonyl (C=O) groups is 1. The van der Waals surface area contributed by atoms with Gasteiger partial charge in [-0.2, -0.15) is 0 Å². The average molecular weight is 461 g/mol. The van der Waals surface area contributed by atoms with Crippen LogP contribution in [0.1, 0.15) is 16.7 Å². The molecule has 1 heterocycles. The highest BCUT2D eigenvalue weighted by molar-refractivity contribution is 7.88. The minimum absolute atomic E-state index is 0.0796. The molecule has 0 atom stereocenters. The van der Waals surface area contributed by atoms with Crippen LogP contribution < -0.4 is 14.8 Å². The number of piperazine rings is 1. The Morgan fingerprint density at radius 1 is 1.00 bits per heavy atom. The third-order valence-corrected chi connectivity index (χ3v) is 6.97. The summed E-state index contributed by atoms with van der Waals surface area (Å²) in [5.74, 6) is 0.784. The largest absolute Gasteiger partial charge is 0.497 e. The molecular formula is C23H32N4O4S. The van der Waals surface area contributed by atoms with Crippen LogP contribution in [0.4, 0.5) is 4.79 Å². The molecule has 0 saturated carbocycles. The van der Waals surface area contributed by atoms with E-state index < -0.39 is 10.0 Å². The number of methoxy groups -OCH3 is 1. The fourth-order valence-corrected chi connectivity index (χ4v) is 4.43. The maximum Gasteiger partial charge on any atom is 0.317 e. The first kappa shape index (κ1) is 24.0. The van der Waals surface area contributed by atoms with Gasteiger partial charge >= 0.3 is 6.03 Å². The minimum Gasteiger partial charge on any atom is -0.497 e. The van der Waals surface area contributed by atoms with Gasteiger partial charge in [0.15, 0.2) is 0 Å². The van der Waals surface area contributed by atoms with Crippen LogP contribution in [0.3, 0.4) is 0 Å². The van der Waals surface area contributed by atoms with Crippen LogP contribution in [0.5, 0.6) is 5.75 Å². The fraction of sp³-hybridized carbons (Fsp3) is 0.435. The van der Waals surface area contributed by atoms with E-state index in [1.165, 1.54) is 12.6 Å². The van der Waals surface area contributed by atoms with Crippen LogP contribution in [-0.4, -0.2) is 71.1 Å². The zero-order valence-corrected chi connectivity index (χ0v) is 19.5. The number of benzene rings is 2. The van der Waals surface area contributed by atoms with E-state index >= 15 is 0 Å². The van der Waals surface area contributed by atoms with Gasteiger partial charge in [-0.15, -0.1) is 0 Å². The van der Waals surface area contributed by atoms with Gasteiger partial charge in [-0.05, 0) is 42.3 Å². The molecule has 1 saturated heterocycles. The number of carbonyl (C=O) groups excluding carboxylic acids is 1. The van der Waals surface area contributed by atoms with Crippen molar-refractivity contribution in [1.82, 2.24) is 19.8 Å².